The molecule has 0 fully saturated rings. The van der Waals surface area contributed by atoms with Gasteiger partial charge in [0.25, 0.3) is 0 Å². The van der Waals surface area contributed by atoms with E-state index in [4.69, 9.17) is 16.3 Å². The highest BCUT2D eigenvalue weighted by Crippen LogP contribution is 2.10. The monoisotopic (exact) mass is 300 g/mol. The summed E-state index contributed by atoms with van der Waals surface area (Å²) >= 11 is 5.91. The van der Waals surface area contributed by atoms with Crippen LogP contribution in [-0.2, 0) is 11.3 Å². The maximum Gasteiger partial charge on any atom is 0.408 e. The Morgan fingerprint density at radius 3 is 2.86 bits per heavy atom. The van der Waals surface area contributed by atoms with E-state index in [9.17, 15) is 4.79 Å². The van der Waals surface area contributed by atoms with Crippen LogP contribution in [0, 0.1) is 11.8 Å². The Kier molecular flexibility index (Phi) is 5.62. The molecule has 1 N–H and O–H groups in total. The van der Waals surface area contributed by atoms with Crippen molar-refractivity contribution in [3.8, 4) is 11.8 Å². The Bertz CT molecular complexity index is 663. The van der Waals surface area contributed by atoms with Gasteiger partial charge in [-0.15, -0.1) is 0 Å². The molecule has 0 aliphatic rings. The van der Waals surface area contributed by atoms with Crippen molar-refractivity contribution in [2.24, 2.45) is 0 Å². The van der Waals surface area contributed by atoms with Gasteiger partial charge in [0, 0.05) is 18.0 Å². The van der Waals surface area contributed by atoms with E-state index in [2.05, 4.69) is 22.1 Å². The summed E-state index contributed by atoms with van der Waals surface area (Å²) in [5.41, 5.74) is 1.61. The van der Waals surface area contributed by atoms with Gasteiger partial charge in [-0.2, -0.15) is 0 Å². The largest absolute Gasteiger partial charge is 0.445 e. The predicted octanol–water partition coefficient (Wildman–Crippen LogP) is 3.01. The number of pyridine rings is 1. The molecule has 0 aliphatic heterocycles. The summed E-state index contributed by atoms with van der Waals surface area (Å²) in [6, 6.07) is 11.2. The Morgan fingerprint density at radius 1 is 1.29 bits per heavy atom. The molecular weight excluding hydrogens is 288 g/mol. The molecule has 0 saturated carbocycles. The highest BCUT2D eigenvalue weighted by atomic mass is 35.5. The van der Waals surface area contributed by atoms with E-state index in [0.29, 0.717) is 10.6 Å². The highest BCUT2D eigenvalue weighted by Gasteiger charge is 2.00. The minimum Gasteiger partial charge on any atom is -0.445 e. The number of alkyl carbamates (subject to hydrolysis) is 1. The van der Waals surface area contributed by atoms with Crippen LogP contribution in [-0.4, -0.2) is 17.6 Å². The molecule has 1 amide bonds. The Hall–Kier alpha value is -2.51. The van der Waals surface area contributed by atoms with E-state index < -0.39 is 6.09 Å². The second-order valence-corrected chi connectivity index (χ2v) is 4.48. The van der Waals surface area contributed by atoms with Crippen molar-refractivity contribution < 1.29 is 9.53 Å². The zero-order valence-electron chi connectivity index (χ0n) is 11.2. The van der Waals surface area contributed by atoms with Crippen molar-refractivity contribution in [3.63, 3.8) is 0 Å². The van der Waals surface area contributed by atoms with Crippen LogP contribution >= 0.6 is 11.6 Å². The van der Waals surface area contributed by atoms with Gasteiger partial charge in [-0.25, -0.2) is 4.79 Å². The van der Waals surface area contributed by atoms with Crippen molar-refractivity contribution in [2.75, 3.05) is 6.54 Å². The Morgan fingerprint density at radius 2 is 2.10 bits per heavy atom. The first-order chi connectivity index (χ1) is 10.3. The number of aromatic nitrogens is 1. The fourth-order valence-electron chi connectivity index (χ4n) is 1.51. The van der Waals surface area contributed by atoms with Crippen LogP contribution in [0.2, 0.25) is 5.02 Å². The maximum absolute atomic E-state index is 11.5. The third-order valence-electron chi connectivity index (χ3n) is 2.53. The quantitative estimate of drug-likeness (QED) is 0.887. The lowest BCUT2D eigenvalue weighted by Crippen LogP contribution is -2.24. The highest BCUT2D eigenvalue weighted by molar-refractivity contribution is 6.31. The number of ether oxygens (including phenoxy) is 1. The van der Waals surface area contributed by atoms with Gasteiger partial charge < -0.3 is 10.1 Å². The fraction of sp³-hybridized carbons (Fsp3) is 0.125. The lowest BCUT2D eigenvalue weighted by Gasteiger charge is -2.04. The van der Waals surface area contributed by atoms with Crippen LogP contribution in [0.1, 0.15) is 11.1 Å². The van der Waals surface area contributed by atoms with Crippen LogP contribution in [0.15, 0.2) is 48.8 Å². The molecule has 0 spiro atoms. The molecule has 0 unspecified atom stereocenters. The van der Waals surface area contributed by atoms with Crippen molar-refractivity contribution in [2.45, 2.75) is 6.61 Å². The summed E-state index contributed by atoms with van der Waals surface area (Å²) in [6.45, 7) is 0.419. The number of amides is 1. The number of halogens is 1. The Labute approximate surface area is 128 Å². The summed E-state index contributed by atoms with van der Waals surface area (Å²) in [5, 5.41) is 3.03. The van der Waals surface area contributed by atoms with Crippen molar-refractivity contribution >= 4 is 17.7 Å². The number of rotatable bonds is 3. The summed E-state index contributed by atoms with van der Waals surface area (Å²) in [6.07, 6.45) is 2.62. The lowest BCUT2D eigenvalue weighted by atomic mass is 10.2. The molecule has 1 aromatic carbocycles. The fourth-order valence-corrected chi connectivity index (χ4v) is 1.67. The smallest absolute Gasteiger partial charge is 0.408 e. The average molecular weight is 301 g/mol. The SMILES string of the molecule is O=C(NCC#Cc1ccncc1Cl)OCc1ccccc1. The van der Waals surface area contributed by atoms with Crippen LogP contribution in [0.5, 0.6) is 0 Å². The molecule has 2 rings (SSSR count). The van der Waals surface area contributed by atoms with E-state index in [-0.39, 0.29) is 13.2 Å². The first-order valence-electron chi connectivity index (χ1n) is 6.28. The van der Waals surface area contributed by atoms with Gasteiger partial charge in [-0.1, -0.05) is 53.8 Å². The second-order valence-electron chi connectivity index (χ2n) is 4.07. The maximum atomic E-state index is 11.5. The number of hydrogen-bond donors (Lipinski definition) is 1. The van der Waals surface area contributed by atoms with Gasteiger partial charge in [0.05, 0.1) is 11.6 Å². The minimum absolute atomic E-state index is 0.187. The molecule has 0 bridgehead atoms. The molecule has 0 radical (unpaired) electrons. The van der Waals surface area contributed by atoms with E-state index in [0.717, 1.165) is 5.56 Å². The molecule has 0 saturated heterocycles. The van der Waals surface area contributed by atoms with Crippen LogP contribution in [0.4, 0.5) is 4.79 Å². The number of carbonyl (C=O) groups is 1. The van der Waals surface area contributed by atoms with Crippen molar-refractivity contribution in [3.05, 3.63) is 64.9 Å². The lowest BCUT2D eigenvalue weighted by molar-refractivity contribution is 0.141. The van der Waals surface area contributed by atoms with Gasteiger partial charge in [-0.05, 0) is 11.6 Å². The number of nitrogens with zero attached hydrogens (tertiary/aromatic N) is 1. The molecule has 2 aromatic rings. The second kappa shape index (κ2) is 7.93. The molecular formula is C16H13ClN2O2. The molecule has 5 heteroatoms. The molecule has 106 valence electrons. The standard InChI is InChI=1S/C16H13ClN2O2/c17-15-11-18-10-8-14(15)7-4-9-19-16(20)21-12-13-5-2-1-3-6-13/h1-3,5-6,8,10-11H,9,12H2,(H,19,20). The van der Waals surface area contributed by atoms with Crippen LogP contribution in [0.25, 0.3) is 0 Å². The molecule has 4 nitrogen and oxygen atoms in total. The number of hydrogen-bond acceptors (Lipinski definition) is 3. The van der Waals surface area contributed by atoms with Crippen LogP contribution < -0.4 is 5.32 Å². The minimum atomic E-state index is -0.506. The molecule has 0 atom stereocenters. The molecule has 0 aliphatic carbocycles. The van der Waals surface area contributed by atoms with Gasteiger partial charge >= 0.3 is 6.09 Å². The zero-order chi connectivity index (χ0) is 14.9. The predicted molar refractivity (Wildman–Crippen MR) is 80.8 cm³/mol. The number of benzene rings is 1. The van der Waals surface area contributed by atoms with Gasteiger partial charge in [0.15, 0.2) is 0 Å². The topological polar surface area (TPSA) is 51.2 Å². The third-order valence-corrected chi connectivity index (χ3v) is 2.83. The van der Waals surface area contributed by atoms with Gasteiger partial charge in [-0.3, -0.25) is 4.98 Å². The summed E-state index contributed by atoms with van der Waals surface area (Å²) < 4.78 is 5.05. The normalized spacial score (nSPS) is 9.38. The van der Waals surface area contributed by atoms with Crippen LogP contribution in [0.3, 0.4) is 0 Å². The number of nitrogens with one attached hydrogen (secondary N) is 1. The zero-order valence-corrected chi connectivity index (χ0v) is 11.9. The van der Waals surface area contributed by atoms with Crippen molar-refractivity contribution in [1.82, 2.24) is 10.3 Å². The Balaban J connectivity index is 1.74. The van der Waals surface area contributed by atoms with E-state index in [1.165, 1.54) is 6.20 Å². The molecule has 21 heavy (non-hydrogen) atoms. The molecule has 1 aromatic heterocycles. The first-order valence-corrected chi connectivity index (χ1v) is 6.66. The van der Waals surface area contributed by atoms with Crippen molar-refractivity contribution in [1.29, 1.82) is 0 Å². The van der Waals surface area contributed by atoms with E-state index >= 15 is 0 Å². The van der Waals surface area contributed by atoms with Gasteiger partial charge in [0.1, 0.15) is 6.61 Å². The summed E-state index contributed by atoms with van der Waals surface area (Å²) in [7, 11) is 0. The average Bonchev–Trinajstić information content (AvgIpc) is 2.52. The van der Waals surface area contributed by atoms with E-state index in [1.54, 1.807) is 12.3 Å². The first kappa shape index (κ1) is 14.9. The third kappa shape index (κ3) is 5.17. The van der Waals surface area contributed by atoms with E-state index in [1.807, 2.05) is 30.3 Å². The summed E-state index contributed by atoms with van der Waals surface area (Å²) in [5.74, 6) is 5.65. The van der Waals surface area contributed by atoms with Gasteiger partial charge in [0.2, 0.25) is 0 Å². The number of carbonyl (C=O) groups excluding carboxylic acids is 1. The summed E-state index contributed by atoms with van der Waals surface area (Å²) in [4.78, 5) is 15.3. The molecule has 1 heterocycles.